The molecule has 0 radical (unpaired) electrons. The molecule has 0 fully saturated rings. The van der Waals surface area contributed by atoms with Gasteiger partial charge in [-0.25, -0.2) is 0 Å². The highest BCUT2D eigenvalue weighted by molar-refractivity contribution is 6.03. The Balaban J connectivity index is 1.67. The highest BCUT2D eigenvalue weighted by atomic mass is 16.5. The van der Waals surface area contributed by atoms with Crippen molar-refractivity contribution in [3.05, 3.63) is 78.3 Å². The highest BCUT2D eigenvalue weighted by Gasteiger charge is 2.16. The van der Waals surface area contributed by atoms with Crippen molar-refractivity contribution < 1.29 is 19.1 Å². The SMILES string of the molecule is O=C(Nc1ccc(O)cc1)c1occc1COc1ccccc1. The number of rotatable bonds is 5. The number of carbonyl (C=O) groups excluding carboxylic acids is 1. The van der Waals surface area contributed by atoms with Crippen molar-refractivity contribution in [2.75, 3.05) is 5.32 Å². The molecule has 5 heteroatoms. The lowest BCUT2D eigenvalue weighted by atomic mass is 10.2. The monoisotopic (exact) mass is 309 g/mol. The van der Waals surface area contributed by atoms with Crippen molar-refractivity contribution in [1.29, 1.82) is 0 Å². The van der Waals surface area contributed by atoms with Gasteiger partial charge in [0.1, 0.15) is 18.1 Å². The summed E-state index contributed by atoms with van der Waals surface area (Å²) in [7, 11) is 0. The second kappa shape index (κ2) is 6.70. The largest absolute Gasteiger partial charge is 0.508 e. The van der Waals surface area contributed by atoms with E-state index in [9.17, 15) is 9.90 Å². The van der Waals surface area contributed by atoms with E-state index in [-0.39, 0.29) is 24.0 Å². The van der Waals surface area contributed by atoms with E-state index < -0.39 is 0 Å². The van der Waals surface area contributed by atoms with Gasteiger partial charge in [-0.2, -0.15) is 0 Å². The first-order chi connectivity index (χ1) is 11.2. The Hall–Kier alpha value is -3.21. The fraction of sp³-hybridized carbons (Fsp3) is 0.0556. The second-order valence-electron chi connectivity index (χ2n) is 4.88. The van der Waals surface area contributed by atoms with Crippen LogP contribution in [0.3, 0.4) is 0 Å². The number of para-hydroxylation sites is 1. The summed E-state index contributed by atoms with van der Waals surface area (Å²) in [4.78, 5) is 12.3. The Bertz CT molecular complexity index is 778. The molecule has 3 aromatic rings. The van der Waals surface area contributed by atoms with Crippen molar-refractivity contribution in [2.24, 2.45) is 0 Å². The number of phenols is 1. The standard InChI is InChI=1S/C18H15NO4/c20-15-8-6-14(7-9-15)19-18(21)17-13(10-11-22-17)12-23-16-4-2-1-3-5-16/h1-11,20H,12H2,(H,19,21). The third kappa shape index (κ3) is 3.71. The first-order valence-electron chi connectivity index (χ1n) is 7.07. The number of ether oxygens (including phenoxy) is 1. The number of phenolic OH excluding ortho intramolecular Hbond substituents is 1. The minimum absolute atomic E-state index is 0.137. The summed E-state index contributed by atoms with van der Waals surface area (Å²) < 4.78 is 10.9. The number of hydrogen-bond donors (Lipinski definition) is 2. The zero-order chi connectivity index (χ0) is 16.1. The summed E-state index contributed by atoms with van der Waals surface area (Å²) in [6, 6.07) is 17.3. The van der Waals surface area contributed by atoms with Crippen molar-refractivity contribution in [3.63, 3.8) is 0 Å². The van der Waals surface area contributed by atoms with Crippen LogP contribution in [0.5, 0.6) is 11.5 Å². The minimum atomic E-state index is -0.368. The molecule has 2 aromatic carbocycles. The Labute approximate surface area is 133 Å². The lowest BCUT2D eigenvalue weighted by Crippen LogP contribution is -2.13. The first kappa shape index (κ1) is 14.7. The van der Waals surface area contributed by atoms with E-state index >= 15 is 0 Å². The molecule has 0 bridgehead atoms. The number of benzene rings is 2. The number of amides is 1. The molecule has 2 N–H and O–H groups in total. The molecule has 0 aliphatic heterocycles. The van der Waals surface area contributed by atoms with Gasteiger partial charge in [-0.05, 0) is 42.5 Å². The first-order valence-corrected chi connectivity index (χ1v) is 7.07. The maximum absolute atomic E-state index is 12.3. The number of aromatic hydroxyl groups is 1. The number of anilines is 1. The van der Waals surface area contributed by atoms with Crippen molar-refractivity contribution in [3.8, 4) is 11.5 Å². The molecule has 0 saturated heterocycles. The van der Waals surface area contributed by atoms with Gasteiger partial charge in [-0.3, -0.25) is 4.79 Å². The maximum Gasteiger partial charge on any atom is 0.291 e. The molecular formula is C18H15NO4. The van der Waals surface area contributed by atoms with E-state index in [1.54, 1.807) is 18.2 Å². The number of nitrogens with one attached hydrogen (secondary N) is 1. The fourth-order valence-corrected chi connectivity index (χ4v) is 2.06. The molecule has 5 nitrogen and oxygen atoms in total. The lowest BCUT2D eigenvalue weighted by molar-refractivity contribution is 0.0993. The third-order valence-electron chi connectivity index (χ3n) is 3.22. The topological polar surface area (TPSA) is 71.7 Å². The molecule has 0 unspecified atom stereocenters. The van der Waals surface area contributed by atoms with Crippen LogP contribution in [0.25, 0.3) is 0 Å². The van der Waals surface area contributed by atoms with Gasteiger partial charge in [-0.15, -0.1) is 0 Å². The molecule has 0 saturated carbocycles. The van der Waals surface area contributed by atoms with Gasteiger partial charge < -0.3 is 19.6 Å². The highest BCUT2D eigenvalue weighted by Crippen LogP contribution is 2.18. The van der Waals surface area contributed by atoms with Crippen LogP contribution >= 0.6 is 0 Å². The average molecular weight is 309 g/mol. The van der Waals surface area contributed by atoms with Gasteiger partial charge in [0.05, 0.1) is 6.26 Å². The van der Waals surface area contributed by atoms with Gasteiger partial charge in [0.25, 0.3) is 5.91 Å². The molecule has 23 heavy (non-hydrogen) atoms. The van der Waals surface area contributed by atoms with Crippen LogP contribution in [0.4, 0.5) is 5.69 Å². The molecule has 1 aromatic heterocycles. The van der Waals surface area contributed by atoms with E-state index in [1.165, 1.54) is 18.4 Å². The Morgan fingerprint density at radius 2 is 1.78 bits per heavy atom. The molecule has 0 aliphatic rings. The predicted molar refractivity (Wildman–Crippen MR) is 85.5 cm³/mol. The Morgan fingerprint density at radius 1 is 1.04 bits per heavy atom. The quantitative estimate of drug-likeness (QED) is 0.703. The van der Waals surface area contributed by atoms with E-state index in [4.69, 9.17) is 9.15 Å². The number of carbonyl (C=O) groups is 1. The molecular weight excluding hydrogens is 294 g/mol. The fourth-order valence-electron chi connectivity index (χ4n) is 2.06. The normalized spacial score (nSPS) is 10.3. The van der Waals surface area contributed by atoms with Crippen LogP contribution in [0.2, 0.25) is 0 Å². The average Bonchev–Trinajstić information content (AvgIpc) is 3.05. The van der Waals surface area contributed by atoms with Crippen LogP contribution in [-0.2, 0) is 6.61 Å². The van der Waals surface area contributed by atoms with Crippen LogP contribution in [-0.4, -0.2) is 11.0 Å². The second-order valence-corrected chi connectivity index (χ2v) is 4.88. The van der Waals surface area contributed by atoms with Gasteiger partial charge in [0.2, 0.25) is 0 Å². The summed E-state index contributed by atoms with van der Waals surface area (Å²) in [5.41, 5.74) is 1.23. The predicted octanol–water partition coefficient (Wildman–Crippen LogP) is 3.82. The summed E-state index contributed by atoms with van der Waals surface area (Å²) >= 11 is 0. The van der Waals surface area contributed by atoms with Crippen LogP contribution < -0.4 is 10.1 Å². The number of hydrogen-bond acceptors (Lipinski definition) is 4. The van der Waals surface area contributed by atoms with E-state index in [2.05, 4.69) is 5.32 Å². The molecule has 1 heterocycles. The van der Waals surface area contributed by atoms with E-state index in [0.717, 1.165) is 5.75 Å². The molecule has 0 atom stereocenters. The summed E-state index contributed by atoms with van der Waals surface area (Å²) in [6.07, 6.45) is 1.45. The van der Waals surface area contributed by atoms with Gasteiger partial charge in [0.15, 0.2) is 5.76 Å². The maximum atomic E-state index is 12.3. The molecule has 0 spiro atoms. The lowest BCUT2D eigenvalue weighted by Gasteiger charge is -2.07. The molecule has 116 valence electrons. The van der Waals surface area contributed by atoms with Crippen LogP contribution in [0.15, 0.2) is 71.3 Å². The zero-order valence-electron chi connectivity index (χ0n) is 12.2. The summed E-state index contributed by atoms with van der Waals surface area (Å²) in [5, 5.41) is 12.0. The number of furan rings is 1. The zero-order valence-corrected chi connectivity index (χ0v) is 12.2. The minimum Gasteiger partial charge on any atom is -0.508 e. The van der Waals surface area contributed by atoms with Crippen LogP contribution in [0, 0.1) is 0 Å². The molecule has 1 amide bonds. The van der Waals surface area contributed by atoms with E-state index in [0.29, 0.717) is 11.3 Å². The van der Waals surface area contributed by atoms with Gasteiger partial charge >= 0.3 is 0 Å². The van der Waals surface area contributed by atoms with Crippen molar-refractivity contribution in [1.82, 2.24) is 0 Å². The van der Waals surface area contributed by atoms with Crippen molar-refractivity contribution in [2.45, 2.75) is 6.61 Å². The molecule has 3 rings (SSSR count). The molecule has 0 aliphatic carbocycles. The summed E-state index contributed by atoms with van der Waals surface area (Å²) in [5.74, 6) is 0.692. The van der Waals surface area contributed by atoms with Crippen LogP contribution in [0.1, 0.15) is 16.1 Å². The van der Waals surface area contributed by atoms with Gasteiger partial charge in [0, 0.05) is 11.3 Å². The van der Waals surface area contributed by atoms with Crippen molar-refractivity contribution >= 4 is 11.6 Å². The Kier molecular flexibility index (Phi) is 4.29. The smallest absolute Gasteiger partial charge is 0.291 e. The van der Waals surface area contributed by atoms with E-state index in [1.807, 2.05) is 30.3 Å². The van der Waals surface area contributed by atoms with Gasteiger partial charge in [-0.1, -0.05) is 18.2 Å². The third-order valence-corrected chi connectivity index (χ3v) is 3.22. The summed E-state index contributed by atoms with van der Waals surface area (Å²) in [6.45, 7) is 0.235. The Morgan fingerprint density at radius 3 is 2.52 bits per heavy atom.